The number of hydrogen-bond acceptors (Lipinski definition) is 2. The van der Waals surface area contributed by atoms with Crippen LogP contribution >= 0.6 is 0 Å². The first-order chi connectivity index (χ1) is 8.49. The molecule has 0 spiro atoms. The third-order valence-electron chi connectivity index (χ3n) is 2.72. The van der Waals surface area contributed by atoms with Gasteiger partial charge < -0.3 is 10.6 Å². The van der Waals surface area contributed by atoms with Crippen molar-refractivity contribution in [2.24, 2.45) is 0 Å². The van der Waals surface area contributed by atoms with E-state index in [2.05, 4.69) is 10.6 Å². The van der Waals surface area contributed by atoms with Crippen molar-refractivity contribution < 1.29 is 18.0 Å². The molecule has 3 nitrogen and oxygen atoms in total. The zero-order chi connectivity index (χ0) is 13.3. The smallest absolute Gasteiger partial charge is 0.242 e. The molecule has 6 heteroatoms. The lowest BCUT2D eigenvalue weighted by Gasteiger charge is -2.15. The van der Waals surface area contributed by atoms with E-state index in [0.717, 1.165) is 25.0 Å². The van der Waals surface area contributed by atoms with E-state index in [-0.39, 0.29) is 17.6 Å². The molecule has 0 bridgehead atoms. The maximum absolute atomic E-state index is 13.4. The molecule has 1 amide bonds. The van der Waals surface area contributed by atoms with Gasteiger partial charge in [-0.05, 0) is 31.9 Å². The summed E-state index contributed by atoms with van der Waals surface area (Å²) in [5.41, 5.74) is -0.229. The maximum Gasteiger partial charge on any atom is 0.242 e. The Morgan fingerprint density at radius 3 is 2.56 bits per heavy atom. The van der Waals surface area contributed by atoms with E-state index < -0.39 is 23.5 Å². The number of nitrogens with one attached hydrogen (secondary N) is 2. The van der Waals surface area contributed by atoms with Gasteiger partial charge >= 0.3 is 0 Å². The van der Waals surface area contributed by atoms with Gasteiger partial charge in [0.05, 0.1) is 5.69 Å². The Kier molecular flexibility index (Phi) is 3.45. The molecule has 18 heavy (non-hydrogen) atoms. The van der Waals surface area contributed by atoms with Gasteiger partial charge in [0.2, 0.25) is 5.91 Å². The normalized spacial score (nSPS) is 16.2. The third kappa shape index (κ3) is 2.75. The molecule has 0 aromatic heterocycles. The van der Waals surface area contributed by atoms with E-state index in [9.17, 15) is 18.0 Å². The molecule has 0 radical (unpaired) electrons. The molecule has 1 aliphatic rings. The minimum atomic E-state index is -1.55. The Hall–Kier alpha value is -1.72. The minimum absolute atomic E-state index is 0.191. The first-order valence-electron chi connectivity index (χ1n) is 5.69. The molecule has 1 fully saturated rings. The van der Waals surface area contributed by atoms with Crippen molar-refractivity contribution in [1.82, 2.24) is 5.32 Å². The van der Waals surface area contributed by atoms with Crippen molar-refractivity contribution in [1.29, 1.82) is 0 Å². The Morgan fingerprint density at radius 2 is 1.94 bits per heavy atom. The van der Waals surface area contributed by atoms with Crippen LogP contribution in [-0.2, 0) is 4.79 Å². The highest BCUT2D eigenvalue weighted by Crippen LogP contribution is 2.21. The predicted octanol–water partition coefficient (Wildman–Crippen LogP) is 2.18. The van der Waals surface area contributed by atoms with Crippen LogP contribution in [0.2, 0.25) is 0 Å². The van der Waals surface area contributed by atoms with Gasteiger partial charge in [0.1, 0.15) is 6.04 Å². The van der Waals surface area contributed by atoms with Crippen molar-refractivity contribution in [3.63, 3.8) is 0 Å². The number of hydrogen-bond donors (Lipinski definition) is 2. The molecule has 98 valence electrons. The van der Waals surface area contributed by atoms with Crippen LogP contribution in [0, 0.1) is 17.5 Å². The minimum Gasteiger partial charge on any atom is -0.371 e. The number of amides is 1. The topological polar surface area (TPSA) is 41.1 Å². The molecular weight excluding hydrogens is 245 g/mol. The summed E-state index contributed by atoms with van der Waals surface area (Å²) in [6.07, 6.45) is 1.88. The van der Waals surface area contributed by atoms with Crippen LogP contribution in [0.25, 0.3) is 0 Å². The predicted molar refractivity (Wildman–Crippen MR) is 60.6 cm³/mol. The maximum atomic E-state index is 13.4. The van der Waals surface area contributed by atoms with Crippen LogP contribution in [0.15, 0.2) is 12.1 Å². The fourth-order valence-corrected chi connectivity index (χ4v) is 1.49. The molecule has 0 aliphatic heterocycles. The average Bonchev–Trinajstić information content (AvgIpc) is 3.13. The van der Waals surface area contributed by atoms with Crippen LogP contribution in [0.3, 0.4) is 0 Å². The highest BCUT2D eigenvalue weighted by Gasteiger charge is 2.26. The molecule has 2 rings (SSSR count). The molecule has 1 aromatic rings. The van der Waals surface area contributed by atoms with Gasteiger partial charge in [-0.1, -0.05) is 0 Å². The number of carbonyl (C=O) groups is 1. The van der Waals surface area contributed by atoms with Crippen LogP contribution in [0.4, 0.5) is 18.9 Å². The number of carbonyl (C=O) groups excluding carboxylic acids is 1. The lowest BCUT2D eigenvalue weighted by molar-refractivity contribution is -0.121. The van der Waals surface area contributed by atoms with E-state index in [1.807, 2.05) is 0 Å². The van der Waals surface area contributed by atoms with Gasteiger partial charge in [-0.3, -0.25) is 4.79 Å². The lowest BCUT2D eigenvalue weighted by atomic mass is 10.2. The quantitative estimate of drug-likeness (QED) is 0.813. The summed E-state index contributed by atoms with van der Waals surface area (Å²) in [6.45, 7) is 1.53. The molecule has 0 heterocycles. The number of rotatable bonds is 4. The standard InChI is InChI=1S/C12H13F3N2O/c1-6(12(18)17-7-2-3-7)16-9-5-4-8(13)10(14)11(9)15/h4-7,16H,2-3H2,1H3,(H,17,18). The van der Waals surface area contributed by atoms with Crippen LogP contribution < -0.4 is 10.6 Å². The lowest BCUT2D eigenvalue weighted by Crippen LogP contribution is -2.38. The van der Waals surface area contributed by atoms with Crippen LogP contribution in [0.5, 0.6) is 0 Å². The van der Waals surface area contributed by atoms with Gasteiger partial charge in [-0.15, -0.1) is 0 Å². The summed E-state index contributed by atoms with van der Waals surface area (Å²) in [4.78, 5) is 11.6. The van der Waals surface area contributed by atoms with Gasteiger partial charge in [-0.2, -0.15) is 0 Å². The Morgan fingerprint density at radius 1 is 1.28 bits per heavy atom. The molecule has 1 unspecified atom stereocenters. The van der Waals surface area contributed by atoms with Crippen LogP contribution in [0.1, 0.15) is 19.8 Å². The average molecular weight is 258 g/mol. The second-order valence-corrected chi connectivity index (χ2v) is 4.37. The van der Waals surface area contributed by atoms with Crippen molar-refractivity contribution in [3.8, 4) is 0 Å². The van der Waals surface area contributed by atoms with Gasteiger partial charge in [-0.25, -0.2) is 13.2 Å². The molecule has 1 aliphatic carbocycles. The Labute approximate surface area is 102 Å². The molecule has 2 N–H and O–H groups in total. The van der Waals surface area contributed by atoms with Gasteiger partial charge in [0.25, 0.3) is 0 Å². The number of benzene rings is 1. The fourth-order valence-electron chi connectivity index (χ4n) is 1.49. The van der Waals surface area contributed by atoms with Gasteiger partial charge in [0, 0.05) is 6.04 Å². The monoisotopic (exact) mass is 258 g/mol. The first-order valence-corrected chi connectivity index (χ1v) is 5.69. The van der Waals surface area contributed by atoms with E-state index in [1.54, 1.807) is 0 Å². The molecule has 1 saturated carbocycles. The summed E-state index contributed by atoms with van der Waals surface area (Å²) in [6, 6.07) is 1.35. The number of halogens is 3. The van der Waals surface area contributed by atoms with Crippen molar-refractivity contribution >= 4 is 11.6 Å². The van der Waals surface area contributed by atoms with E-state index in [1.165, 1.54) is 6.92 Å². The summed E-state index contributed by atoms with van der Waals surface area (Å²) in [7, 11) is 0. The zero-order valence-electron chi connectivity index (χ0n) is 9.77. The molecule has 1 aromatic carbocycles. The van der Waals surface area contributed by atoms with Crippen molar-refractivity contribution in [2.75, 3.05) is 5.32 Å². The van der Waals surface area contributed by atoms with Gasteiger partial charge in [0.15, 0.2) is 17.5 Å². The van der Waals surface area contributed by atoms with E-state index in [4.69, 9.17) is 0 Å². The van der Waals surface area contributed by atoms with Crippen molar-refractivity contribution in [3.05, 3.63) is 29.6 Å². The highest BCUT2D eigenvalue weighted by atomic mass is 19.2. The second kappa shape index (κ2) is 4.88. The first kappa shape index (κ1) is 12.7. The SMILES string of the molecule is CC(Nc1ccc(F)c(F)c1F)C(=O)NC1CC1. The summed E-state index contributed by atoms with van der Waals surface area (Å²) in [5, 5.41) is 5.25. The van der Waals surface area contributed by atoms with Crippen molar-refractivity contribution in [2.45, 2.75) is 31.8 Å². The molecule has 1 atom stereocenters. The third-order valence-corrected chi connectivity index (χ3v) is 2.72. The van der Waals surface area contributed by atoms with E-state index >= 15 is 0 Å². The molecular formula is C12H13F3N2O. The van der Waals surface area contributed by atoms with Crippen LogP contribution in [-0.4, -0.2) is 18.0 Å². The Bertz CT molecular complexity index is 475. The number of anilines is 1. The second-order valence-electron chi connectivity index (χ2n) is 4.37. The summed E-state index contributed by atoms with van der Waals surface area (Å²) < 4.78 is 39.0. The van der Waals surface area contributed by atoms with E-state index in [0.29, 0.717) is 0 Å². The summed E-state index contributed by atoms with van der Waals surface area (Å²) in [5.74, 6) is -4.41. The fraction of sp³-hybridized carbons (Fsp3) is 0.417. The summed E-state index contributed by atoms with van der Waals surface area (Å²) >= 11 is 0. The molecule has 0 saturated heterocycles. The zero-order valence-corrected chi connectivity index (χ0v) is 9.77. The highest BCUT2D eigenvalue weighted by molar-refractivity contribution is 5.84. The Balaban J connectivity index is 2.03. The largest absolute Gasteiger partial charge is 0.371 e.